The quantitative estimate of drug-likeness (QED) is 0.637. The maximum absolute atomic E-state index is 14.1. The van der Waals surface area contributed by atoms with Crippen LogP contribution in [0.25, 0.3) is 10.2 Å². The van der Waals surface area contributed by atoms with Crippen molar-refractivity contribution in [1.82, 2.24) is 4.57 Å². The Bertz CT molecular complexity index is 973. The molecule has 24 heavy (non-hydrogen) atoms. The second-order valence-corrected chi connectivity index (χ2v) is 6.62. The number of hydrogen-bond donors (Lipinski definition) is 0. The van der Waals surface area contributed by atoms with Gasteiger partial charge in [0.25, 0.3) is 5.91 Å². The molecule has 0 aliphatic rings. The number of rotatable bonds is 4. The van der Waals surface area contributed by atoms with Gasteiger partial charge in [0.1, 0.15) is 5.82 Å². The van der Waals surface area contributed by atoms with E-state index >= 15 is 0 Å². The van der Waals surface area contributed by atoms with Crippen LogP contribution in [0.4, 0.5) is 4.39 Å². The lowest BCUT2D eigenvalue weighted by Crippen LogP contribution is -2.17. The van der Waals surface area contributed by atoms with Crippen LogP contribution in [0.2, 0.25) is 5.02 Å². The molecule has 0 N–H and O–H groups in total. The fourth-order valence-electron chi connectivity index (χ4n) is 2.39. The zero-order valence-electron chi connectivity index (χ0n) is 12.7. The monoisotopic (exact) mass is 360 g/mol. The van der Waals surface area contributed by atoms with Crippen LogP contribution in [-0.4, -0.2) is 10.5 Å². The molecular weight excluding hydrogens is 347 g/mol. The predicted octanol–water partition coefficient (Wildman–Crippen LogP) is 4.35. The number of para-hydroxylation sites is 1. The number of halogens is 2. The van der Waals surface area contributed by atoms with Crippen molar-refractivity contribution in [3.05, 3.63) is 76.3 Å². The molecule has 3 rings (SSSR count). The number of carbonyl (C=O) groups excluding carboxylic acids is 1. The molecule has 122 valence electrons. The largest absolute Gasteiger partial charge is 0.310 e. The third-order valence-electron chi connectivity index (χ3n) is 3.45. The van der Waals surface area contributed by atoms with Crippen molar-refractivity contribution >= 4 is 39.1 Å². The van der Waals surface area contributed by atoms with E-state index in [1.807, 2.05) is 6.07 Å². The number of nitrogens with zero attached hydrogens (tertiary/aromatic N) is 2. The molecule has 1 amide bonds. The highest BCUT2D eigenvalue weighted by atomic mass is 35.5. The summed E-state index contributed by atoms with van der Waals surface area (Å²) in [6, 6.07) is 11.9. The minimum absolute atomic E-state index is 0.169. The number of fused-ring (bicyclic) bond motifs is 1. The minimum Gasteiger partial charge on any atom is -0.310 e. The number of carbonyl (C=O) groups is 1. The van der Waals surface area contributed by atoms with Crippen LogP contribution in [0.1, 0.15) is 5.56 Å². The number of thiazole rings is 1. The first-order chi connectivity index (χ1) is 11.6. The van der Waals surface area contributed by atoms with Crippen molar-refractivity contribution in [3.8, 4) is 0 Å². The Morgan fingerprint density at radius 3 is 2.75 bits per heavy atom. The minimum atomic E-state index is -0.336. The lowest BCUT2D eigenvalue weighted by Gasteiger charge is -2.02. The second kappa shape index (κ2) is 7.11. The Morgan fingerprint density at radius 2 is 2.04 bits per heavy atom. The van der Waals surface area contributed by atoms with Crippen molar-refractivity contribution < 1.29 is 9.18 Å². The molecule has 0 aliphatic heterocycles. The van der Waals surface area contributed by atoms with Gasteiger partial charge in [0.2, 0.25) is 0 Å². The number of hydrogen-bond acceptors (Lipinski definition) is 2. The van der Waals surface area contributed by atoms with Crippen molar-refractivity contribution in [2.24, 2.45) is 4.99 Å². The van der Waals surface area contributed by atoms with Gasteiger partial charge in [-0.25, -0.2) is 4.39 Å². The van der Waals surface area contributed by atoms with Crippen LogP contribution in [-0.2, 0) is 17.8 Å². The van der Waals surface area contributed by atoms with Gasteiger partial charge in [0.05, 0.1) is 16.6 Å². The Hall–Kier alpha value is -2.24. The van der Waals surface area contributed by atoms with E-state index in [1.165, 1.54) is 17.4 Å². The third kappa shape index (κ3) is 3.47. The van der Waals surface area contributed by atoms with Crippen molar-refractivity contribution in [3.63, 3.8) is 0 Å². The molecule has 0 unspecified atom stereocenters. The molecule has 1 aromatic heterocycles. The van der Waals surface area contributed by atoms with Crippen LogP contribution in [0.5, 0.6) is 0 Å². The zero-order valence-corrected chi connectivity index (χ0v) is 14.3. The van der Waals surface area contributed by atoms with Gasteiger partial charge in [-0.3, -0.25) is 4.79 Å². The molecule has 0 atom stereocenters. The van der Waals surface area contributed by atoms with Crippen molar-refractivity contribution in [2.45, 2.75) is 13.0 Å². The molecule has 0 radical (unpaired) electrons. The van der Waals surface area contributed by atoms with Gasteiger partial charge in [-0.2, -0.15) is 4.99 Å². The van der Waals surface area contributed by atoms with Crippen LogP contribution in [0.3, 0.4) is 0 Å². The summed E-state index contributed by atoms with van der Waals surface area (Å²) in [4.78, 5) is 16.9. The Kier molecular flexibility index (Phi) is 4.92. The standard InChI is InChI=1S/C18H14ClFN2OS/c1-2-10-22-17-14(20)4-3-5-15(17)24-18(22)21-16(23)11-12-6-8-13(19)9-7-12/h2-9H,1,10-11H2. The van der Waals surface area contributed by atoms with E-state index in [2.05, 4.69) is 11.6 Å². The fraction of sp³-hybridized carbons (Fsp3) is 0.111. The number of allylic oxidation sites excluding steroid dienone is 1. The average Bonchev–Trinajstić information content (AvgIpc) is 2.89. The lowest BCUT2D eigenvalue weighted by molar-refractivity contribution is -0.117. The predicted molar refractivity (Wildman–Crippen MR) is 95.7 cm³/mol. The van der Waals surface area contributed by atoms with E-state index in [0.29, 0.717) is 21.9 Å². The highest BCUT2D eigenvalue weighted by molar-refractivity contribution is 7.16. The van der Waals surface area contributed by atoms with Crippen molar-refractivity contribution in [2.75, 3.05) is 0 Å². The summed E-state index contributed by atoms with van der Waals surface area (Å²) in [6.07, 6.45) is 1.82. The van der Waals surface area contributed by atoms with Gasteiger partial charge in [0.15, 0.2) is 4.80 Å². The molecule has 3 nitrogen and oxygen atoms in total. The Balaban J connectivity index is 2.01. The smallest absolute Gasteiger partial charge is 0.252 e. The van der Waals surface area contributed by atoms with Gasteiger partial charge in [-0.15, -0.1) is 6.58 Å². The molecule has 0 bridgehead atoms. The van der Waals surface area contributed by atoms with Gasteiger partial charge < -0.3 is 4.57 Å². The molecule has 6 heteroatoms. The summed E-state index contributed by atoms with van der Waals surface area (Å²) in [6.45, 7) is 4.07. The summed E-state index contributed by atoms with van der Waals surface area (Å²) < 4.78 is 16.5. The lowest BCUT2D eigenvalue weighted by atomic mass is 10.1. The van der Waals surface area contributed by atoms with E-state index < -0.39 is 0 Å². The van der Waals surface area contributed by atoms with Gasteiger partial charge in [-0.05, 0) is 29.8 Å². The third-order valence-corrected chi connectivity index (χ3v) is 4.75. The topological polar surface area (TPSA) is 34.4 Å². The van der Waals surface area contributed by atoms with Crippen LogP contribution in [0, 0.1) is 5.82 Å². The molecule has 3 aromatic rings. The van der Waals surface area contributed by atoms with Gasteiger partial charge in [0, 0.05) is 11.6 Å². The molecule has 0 aliphatic carbocycles. The maximum Gasteiger partial charge on any atom is 0.252 e. The summed E-state index contributed by atoms with van der Waals surface area (Å²) >= 11 is 7.12. The summed E-state index contributed by atoms with van der Waals surface area (Å²) in [7, 11) is 0. The molecule has 1 heterocycles. The van der Waals surface area contributed by atoms with Crippen molar-refractivity contribution in [1.29, 1.82) is 0 Å². The van der Waals surface area contributed by atoms with E-state index in [9.17, 15) is 9.18 Å². The average molecular weight is 361 g/mol. The highest BCUT2D eigenvalue weighted by Crippen LogP contribution is 2.20. The fourth-order valence-corrected chi connectivity index (χ4v) is 3.59. The second-order valence-electron chi connectivity index (χ2n) is 5.18. The molecule has 0 fully saturated rings. The SMILES string of the molecule is C=CCn1c(=NC(=O)Cc2ccc(Cl)cc2)sc2cccc(F)c21. The molecule has 0 spiro atoms. The molecular formula is C18H14ClFN2OS. The van der Waals surface area contributed by atoms with Crippen LogP contribution in [0.15, 0.2) is 60.1 Å². The maximum atomic E-state index is 14.1. The number of aromatic nitrogens is 1. The molecule has 0 saturated heterocycles. The van der Waals surface area contributed by atoms with E-state index in [0.717, 1.165) is 10.3 Å². The normalized spacial score (nSPS) is 11.8. The van der Waals surface area contributed by atoms with E-state index in [1.54, 1.807) is 41.0 Å². The van der Waals surface area contributed by atoms with E-state index in [-0.39, 0.29) is 18.1 Å². The number of benzene rings is 2. The van der Waals surface area contributed by atoms with Gasteiger partial charge >= 0.3 is 0 Å². The summed E-state index contributed by atoms with van der Waals surface area (Å²) in [5.74, 6) is -0.626. The van der Waals surface area contributed by atoms with E-state index in [4.69, 9.17) is 11.6 Å². The van der Waals surface area contributed by atoms with Crippen LogP contribution >= 0.6 is 22.9 Å². The van der Waals surface area contributed by atoms with Gasteiger partial charge in [-0.1, -0.05) is 47.2 Å². The first kappa shape index (κ1) is 16.6. The molecule has 2 aromatic carbocycles. The Labute approximate surface area is 147 Å². The zero-order chi connectivity index (χ0) is 17.1. The highest BCUT2D eigenvalue weighted by Gasteiger charge is 2.11. The first-order valence-electron chi connectivity index (χ1n) is 7.29. The first-order valence-corrected chi connectivity index (χ1v) is 8.48. The summed E-state index contributed by atoms with van der Waals surface area (Å²) in [5.41, 5.74) is 1.27. The molecule has 0 saturated carbocycles. The van der Waals surface area contributed by atoms with Crippen LogP contribution < -0.4 is 4.80 Å². The Morgan fingerprint density at radius 1 is 1.29 bits per heavy atom. The summed E-state index contributed by atoms with van der Waals surface area (Å²) in [5, 5.41) is 0.618. The number of amides is 1.